The molecule has 0 aromatic heterocycles. The number of nitrogens with zero attached hydrogens (tertiary/aromatic N) is 1. The summed E-state index contributed by atoms with van der Waals surface area (Å²) in [6.45, 7) is 0. The third-order valence-electron chi connectivity index (χ3n) is 5.58. The zero-order valence-corrected chi connectivity index (χ0v) is 20.6. The number of benzene rings is 4. The van der Waals surface area contributed by atoms with Crippen LogP contribution in [0, 0.1) is 0 Å². The van der Waals surface area contributed by atoms with Gasteiger partial charge in [-0.15, -0.1) is 0 Å². The number of rotatable bonds is 8. The maximum Gasteiger partial charge on any atom is 0.343 e. The molecule has 0 radical (unpaired) electrons. The Bertz CT molecular complexity index is 1370. The van der Waals surface area contributed by atoms with E-state index in [0.717, 1.165) is 0 Å². The minimum absolute atomic E-state index is 0.172. The van der Waals surface area contributed by atoms with E-state index >= 15 is 0 Å². The highest BCUT2D eigenvalue weighted by Gasteiger charge is 2.39. The lowest BCUT2D eigenvalue weighted by Gasteiger charge is -2.27. The molecular formula is C29H23ClN2O5. The first-order valence-electron chi connectivity index (χ1n) is 11.2. The quantitative estimate of drug-likeness (QED) is 0.150. The van der Waals surface area contributed by atoms with Gasteiger partial charge in [-0.25, -0.2) is 10.2 Å². The molecule has 0 heterocycles. The van der Waals surface area contributed by atoms with Crippen molar-refractivity contribution in [2.75, 3.05) is 7.11 Å². The Morgan fingerprint density at radius 1 is 0.892 bits per heavy atom. The number of aliphatic hydroxyl groups is 1. The number of halogens is 1. The third-order valence-corrected chi connectivity index (χ3v) is 5.87. The molecule has 4 aromatic carbocycles. The Labute approximate surface area is 218 Å². The highest BCUT2D eigenvalue weighted by atomic mass is 35.5. The Morgan fingerprint density at radius 2 is 1.49 bits per heavy atom. The number of hydrazone groups is 1. The van der Waals surface area contributed by atoms with Gasteiger partial charge < -0.3 is 14.6 Å². The van der Waals surface area contributed by atoms with Gasteiger partial charge in [-0.2, -0.15) is 5.10 Å². The minimum Gasteiger partial charge on any atom is -0.497 e. The fraction of sp³-hybridized carbons (Fsp3) is 0.0690. The second-order valence-electron chi connectivity index (χ2n) is 7.95. The molecule has 0 atom stereocenters. The normalized spacial score (nSPS) is 11.2. The number of amides is 1. The molecule has 7 nitrogen and oxygen atoms in total. The topological polar surface area (TPSA) is 97.2 Å². The molecule has 37 heavy (non-hydrogen) atoms. The van der Waals surface area contributed by atoms with Crippen LogP contribution in [0.3, 0.4) is 0 Å². The lowest BCUT2D eigenvalue weighted by molar-refractivity contribution is -0.136. The van der Waals surface area contributed by atoms with Gasteiger partial charge in [0, 0.05) is 0 Å². The largest absolute Gasteiger partial charge is 0.497 e. The van der Waals surface area contributed by atoms with Gasteiger partial charge in [0.2, 0.25) is 0 Å². The van der Waals surface area contributed by atoms with Crippen LogP contribution in [0.1, 0.15) is 27.0 Å². The van der Waals surface area contributed by atoms with Gasteiger partial charge >= 0.3 is 5.97 Å². The molecule has 0 bridgehead atoms. The van der Waals surface area contributed by atoms with Crippen molar-refractivity contribution in [1.29, 1.82) is 0 Å². The number of carbonyl (C=O) groups is 2. The summed E-state index contributed by atoms with van der Waals surface area (Å²) in [6, 6.07) is 28.4. The summed E-state index contributed by atoms with van der Waals surface area (Å²) in [5.41, 5.74) is 2.15. The first-order chi connectivity index (χ1) is 17.9. The first-order valence-corrected chi connectivity index (χ1v) is 11.6. The summed E-state index contributed by atoms with van der Waals surface area (Å²) < 4.78 is 10.5. The van der Waals surface area contributed by atoms with Crippen molar-refractivity contribution in [2.24, 2.45) is 5.10 Å². The van der Waals surface area contributed by atoms with E-state index in [1.54, 1.807) is 91.0 Å². The molecule has 2 N–H and O–H groups in total. The molecule has 0 aliphatic carbocycles. The minimum atomic E-state index is -1.95. The van der Waals surface area contributed by atoms with E-state index in [9.17, 15) is 14.7 Å². The van der Waals surface area contributed by atoms with E-state index in [2.05, 4.69) is 10.5 Å². The van der Waals surface area contributed by atoms with Gasteiger partial charge in [-0.1, -0.05) is 72.3 Å². The van der Waals surface area contributed by atoms with E-state index in [0.29, 0.717) is 28.0 Å². The van der Waals surface area contributed by atoms with Crippen molar-refractivity contribution < 1.29 is 24.2 Å². The number of esters is 1. The average molecular weight is 515 g/mol. The summed E-state index contributed by atoms with van der Waals surface area (Å²) >= 11 is 6.30. The van der Waals surface area contributed by atoms with Crippen molar-refractivity contribution in [3.8, 4) is 11.5 Å². The van der Waals surface area contributed by atoms with Crippen molar-refractivity contribution >= 4 is 29.7 Å². The third kappa shape index (κ3) is 5.86. The fourth-order valence-electron chi connectivity index (χ4n) is 3.60. The number of nitrogens with one attached hydrogen (secondary N) is 1. The molecular weight excluding hydrogens is 492 g/mol. The van der Waals surface area contributed by atoms with E-state index in [1.807, 2.05) is 0 Å². The van der Waals surface area contributed by atoms with E-state index in [4.69, 9.17) is 21.1 Å². The van der Waals surface area contributed by atoms with Crippen LogP contribution in [0.2, 0.25) is 5.02 Å². The van der Waals surface area contributed by atoms with Crippen LogP contribution < -0.4 is 14.9 Å². The second kappa shape index (κ2) is 11.5. The Kier molecular flexibility index (Phi) is 7.98. The van der Waals surface area contributed by atoms with Gasteiger partial charge in [-0.05, 0) is 59.2 Å². The lowest BCUT2D eigenvalue weighted by atomic mass is 9.85. The smallest absolute Gasteiger partial charge is 0.343 e. The SMILES string of the molecule is COc1ccc(C(=O)Oc2ccc(/C=N\NC(=O)C(O)(c3ccccc3)c3ccccc3)cc2Cl)cc1. The van der Waals surface area contributed by atoms with Crippen LogP contribution in [0.5, 0.6) is 11.5 Å². The first kappa shape index (κ1) is 25.6. The zero-order chi connectivity index (χ0) is 26.3. The highest BCUT2D eigenvalue weighted by molar-refractivity contribution is 6.32. The van der Waals surface area contributed by atoms with E-state index in [-0.39, 0.29) is 10.8 Å². The maximum absolute atomic E-state index is 13.1. The van der Waals surface area contributed by atoms with Crippen LogP contribution in [-0.4, -0.2) is 30.3 Å². The Morgan fingerprint density at radius 3 is 2.03 bits per heavy atom. The molecule has 4 aromatic rings. The average Bonchev–Trinajstić information content (AvgIpc) is 2.94. The molecule has 0 aliphatic heterocycles. The molecule has 0 fully saturated rings. The maximum atomic E-state index is 13.1. The van der Waals surface area contributed by atoms with Crippen LogP contribution in [0.25, 0.3) is 0 Å². The predicted octanol–water partition coefficient (Wildman–Crippen LogP) is 4.95. The molecule has 0 saturated carbocycles. The lowest BCUT2D eigenvalue weighted by Crippen LogP contribution is -2.43. The van der Waals surface area contributed by atoms with Gasteiger partial charge in [0.05, 0.1) is 23.9 Å². The molecule has 0 saturated heterocycles. The van der Waals surface area contributed by atoms with Gasteiger partial charge in [0.25, 0.3) is 5.91 Å². The second-order valence-corrected chi connectivity index (χ2v) is 8.36. The van der Waals surface area contributed by atoms with E-state index in [1.165, 1.54) is 25.5 Å². The van der Waals surface area contributed by atoms with Crippen molar-refractivity contribution in [3.63, 3.8) is 0 Å². The van der Waals surface area contributed by atoms with Gasteiger partial charge in [0.15, 0.2) is 5.60 Å². The van der Waals surface area contributed by atoms with Gasteiger partial charge in [-0.3, -0.25) is 4.79 Å². The monoisotopic (exact) mass is 514 g/mol. The Balaban J connectivity index is 1.46. The number of hydrogen-bond acceptors (Lipinski definition) is 6. The van der Waals surface area contributed by atoms with Gasteiger partial charge in [0.1, 0.15) is 11.5 Å². The molecule has 0 aliphatic rings. The van der Waals surface area contributed by atoms with Crippen molar-refractivity contribution in [1.82, 2.24) is 5.43 Å². The summed E-state index contributed by atoms with van der Waals surface area (Å²) in [5, 5.41) is 15.6. The van der Waals surface area contributed by atoms with Crippen LogP contribution in [0.4, 0.5) is 0 Å². The highest BCUT2D eigenvalue weighted by Crippen LogP contribution is 2.30. The van der Waals surface area contributed by atoms with Crippen LogP contribution in [-0.2, 0) is 10.4 Å². The molecule has 0 spiro atoms. The summed E-state index contributed by atoms with van der Waals surface area (Å²) in [4.78, 5) is 25.5. The summed E-state index contributed by atoms with van der Waals surface area (Å²) in [7, 11) is 1.54. The summed E-state index contributed by atoms with van der Waals surface area (Å²) in [6.07, 6.45) is 1.37. The standard InChI is InChI=1S/C29H23ClN2O5/c1-36-24-15-13-21(14-16-24)27(33)37-26-17-12-20(18-25(26)30)19-31-32-28(34)29(35,22-8-4-2-5-9-22)23-10-6-3-7-11-23/h2-19,35H,1H3,(H,32,34)/b31-19-. The molecule has 0 unspecified atom stereocenters. The number of carbonyl (C=O) groups excluding carboxylic acids is 2. The molecule has 8 heteroatoms. The number of hydrogen-bond donors (Lipinski definition) is 2. The molecule has 186 valence electrons. The van der Waals surface area contributed by atoms with Crippen molar-refractivity contribution in [3.05, 3.63) is 130 Å². The zero-order valence-electron chi connectivity index (χ0n) is 19.8. The number of ether oxygens (including phenoxy) is 2. The van der Waals surface area contributed by atoms with Crippen LogP contribution in [0.15, 0.2) is 108 Å². The van der Waals surface area contributed by atoms with Crippen LogP contribution >= 0.6 is 11.6 Å². The van der Waals surface area contributed by atoms with E-state index < -0.39 is 17.5 Å². The Hall–Kier alpha value is -4.46. The molecule has 1 amide bonds. The molecule has 4 rings (SSSR count). The number of methoxy groups -OCH3 is 1. The predicted molar refractivity (Wildman–Crippen MR) is 141 cm³/mol. The van der Waals surface area contributed by atoms with Crippen molar-refractivity contribution in [2.45, 2.75) is 5.60 Å². The fourth-order valence-corrected chi connectivity index (χ4v) is 3.83. The summed E-state index contributed by atoms with van der Waals surface area (Å²) in [5.74, 6) is -0.501.